The number of hydrogen-bond donors (Lipinski definition) is 1. The Labute approximate surface area is 101 Å². The van der Waals surface area contributed by atoms with E-state index >= 15 is 0 Å². The molecule has 0 atom stereocenters. The predicted molar refractivity (Wildman–Crippen MR) is 60.7 cm³/mol. The Bertz CT molecular complexity index is 356. The molecule has 70 valence electrons. The molecule has 0 unspecified atom stereocenters. The van der Waals surface area contributed by atoms with E-state index in [1.54, 1.807) is 0 Å². The van der Waals surface area contributed by atoms with Gasteiger partial charge in [-0.05, 0) is 31.9 Å². The van der Waals surface area contributed by atoms with Crippen LogP contribution in [-0.4, -0.2) is 0 Å². The molecule has 0 aromatic heterocycles. The highest BCUT2D eigenvalue weighted by molar-refractivity contribution is 9.11. The molecule has 0 saturated carbocycles. The van der Waals surface area contributed by atoms with Crippen LogP contribution >= 0.6 is 43.5 Å². The third-order valence-electron chi connectivity index (χ3n) is 1.37. The third-order valence-corrected chi connectivity index (χ3v) is 3.68. The zero-order valence-corrected chi connectivity index (χ0v) is 10.7. The Morgan fingerprint density at radius 2 is 1.92 bits per heavy atom. The van der Waals surface area contributed by atoms with Gasteiger partial charge in [0.1, 0.15) is 5.69 Å². The van der Waals surface area contributed by atoms with Crippen LogP contribution in [0.4, 0.5) is 15.8 Å². The standard InChI is InChI=1S/C6H2Br2ClFN2S/c7-1-3(9)4(10)2(8)5(11)6(1)12-13/h11H2. The predicted octanol–water partition coefficient (Wildman–Crippen LogP) is 3.95. The fraction of sp³-hybridized carbons (Fsp3) is 0. The normalized spacial score (nSPS) is 10.2. The SMILES string of the molecule is Nc1c(Br)c(F)c(Cl)c(Br)c1N=S. The largest absolute Gasteiger partial charge is 0.396 e. The molecule has 7 heteroatoms. The number of hydrogen-bond acceptors (Lipinski definition) is 3. The van der Waals surface area contributed by atoms with E-state index in [0.717, 1.165) is 0 Å². The quantitative estimate of drug-likeness (QED) is 0.474. The Kier molecular flexibility index (Phi) is 3.62. The Morgan fingerprint density at radius 1 is 1.38 bits per heavy atom. The van der Waals surface area contributed by atoms with Gasteiger partial charge < -0.3 is 5.73 Å². The van der Waals surface area contributed by atoms with Crippen molar-refractivity contribution in [3.63, 3.8) is 0 Å². The summed E-state index contributed by atoms with van der Waals surface area (Å²) < 4.78 is 17.0. The molecule has 0 spiro atoms. The van der Waals surface area contributed by atoms with Crippen molar-refractivity contribution in [2.24, 2.45) is 4.36 Å². The topological polar surface area (TPSA) is 38.4 Å². The first-order chi connectivity index (χ1) is 6.00. The van der Waals surface area contributed by atoms with Gasteiger partial charge in [-0.15, -0.1) is 0 Å². The lowest BCUT2D eigenvalue weighted by molar-refractivity contribution is 0.621. The zero-order chi connectivity index (χ0) is 10.2. The summed E-state index contributed by atoms with van der Waals surface area (Å²) in [5.41, 5.74) is 5.91. The number of nitrogen functional groups attached to an aromatic ring is 1. The van der Waals surface area contributed by atoms with Crippen LogP contribution < -0.4 is 5.73 Å². The van der Waals surface area contributed by atoms with Crippen LogP contribution in [0.15, 0.2) is 13.3 Å². The lowest BCUT2D eigenvalue weighted by Crippen LogP contribution is -1.93. The van der Waals surface area contributed by atoms with Crippen LogP contribution in [-0.2, 0) is 12.4 Å². The first kappa shape index (κ1) is 11.3. The molecular weight excluding hydrogens is 346 g/mol. The number of anilines is 1. The molecule has 1 rings (SSSR count). The molecular formula is C6H2Br2ClFN2S. The van der Waals surface area contributed by atoms with E-state index in [0.29, 0.717) is 0 Å². The molecule has 0 bridgehead atoms. The second-order valence-corrected chi connectivity index (χ2v) is 4.26. The van der Waals surface area contributed by atoms with Crippen LogP contribution in [0.2, 0.25) is 5.02 Å². The van der Waals surface area contributed by atoms with Gasteiger partial charge in [0.05, 0.1) is 19.7 Å². The van der Waals surface area contributed by atoms with E-state index in [1.165, 1.54) is 0 Å². The zero-order valence-electron chi connectivity index (χ0n) is 5.94. The van der Waals surface area contributed by atoms with E-state index in [-0.39, 0.29) is 25.3 Å². The summed E-state index contributed by atoms with van der Waals surface area (Å²) in [5, 5.41) is -0.0929. The Morgan fingerprint density at radius 3 is 2.38 bits per heavy atom. The van der Waals surface area contributed by atoms with Gasteiger partial charge in [-0.1, -0.05) is 11.6 Å². The second-order valence-electron chi connectivity index (χ2n) is 2.11. The number of rotatable bonds is 1. The van der Waals surface area contributed by atoms with Crippen molar-refractivity contribution in [3.05, 3.63) is 19.8 Å². The number of nitrogens with zero attached hydrogens (tertiary/aromatic N) is 1. The number of halogens is 4. The monoisotopic (exact) mass is 346 g/mol. The summed E-state index contributed by atoms with van der Waals surface area (Å²) in [5.74, 6) is -0.631. The smallest absolute Gasteiger partial charge is 0.159 e. The Hall–Kier alpha value is 0.220. The highest BCUT2D eigenvalue weighted by Crippen LogP contribution is 2.44. The molecule has 0 aliphatic heterocycles. The summed E-state index contributed by atoms with van der Waals surface area (Å²) in [6.45, 7) is 0. The van der Waals surface area contributed by atoms with E-state index in [9.17, 15) is 4.39 Å². The first-order valence-electron chi connectivity index (χ1n) is 2.95. The van der Waals surface area contributed by atoms with Gasteiger partial charge in [-0.25, -0.2) is 4.39 Å². The van der Waals surface area contributed by atoms with Crippen LogP contribution in [0.25, 0.3) is 0 Å². The first-order valence-corrected chi connectivity index (χ1v) is 5.28. The Balaban J connectivity index is 3.66. The summed E-state index contributed by atoms with van der Waals surface area (Å²) in [6.07, 6.45) is 0. The second kappa shape index (κ2) is 4.16. The van der Waals surface area contributed by atoms with Gasteiger partial charge in [0.2, 0.25) is 0 Å². The van der Waals surface area contributed by atoms with Gasteiger partial charge >= 0.3 is 0 Å². The highest BCUT2D eigenvalue weighted by atomic mass is 79.9. The molecule has 0 saturated heterocycles. The lowest BCUT2D eigenvalue weighted by Gasteiger charge is -2.07. The molecule has 1 aromatic carbocycles. The van der Waals surface area contributed by atoms with Gasteiger partial charge in [-0.3, -0.25) is 0 Å². The molecule has 1 aromatic rings. The summed E-state index contributed by atoms with van der Waals surface area (Å²) in [6, 6.07) is 0. The minimum absolute atomic E-state index is 0.0734. The molecule has 0 aliphatic carbocycles. The van der Waals surface area contributed by atoms with Crippen molar-refractivity contribution in [2.45, 2.75) is 0 Å². The molecule has 0 radical (unpaired) electrons. The van der Waals surface area contributed by atoms with Crippen LogP contribution in [0, 0.1) is 5.82 Å². The van der Waals surface area contributed by atoms with Crippen molar-refractivity contribution < 1.29 is 4.39 Å². The molecule has 2 nitrogen and oxygen atoms in total. The van der Waals surface area contributed by atoms with Crippen LogP contribution in [0.1, 0.15) is 0 Å². The average molecular weight is 348 g/mol. The maximum absolute atomic E-state index is 13.2. The fourth-order valence-electron chi connectivity index (χ4n) is 0.726. The lowest BCUT2D eigenvalue weighted by atomic mass is 10.2. The summed E-state index contributed by atoms with van der Waals surface area (Å²) in [7, 11) is 0. The molecule has 2 N–H and O–H groups in total. The van der Waals surface area contributed by atoms with Crippen molar-refractivity contribution in [1.82, 2.24) is 0 Å². The minimum atomic E-state index is -0.631. The van der Waals surface area contributed by atoms with Crippen LogP contribution in [0.3, 0.4) is 0 Å². The van der Waals surface area contributed by atoms with Crippen molar-refractivity contribution in [1.29, 1.82) is 0 Å². The molecule has 0 fully saturated rings. The molecule has 0 heterocycles. The van der Waals surface area contributed by atoms with Crippen LogP contribution in [0.5, 0.6) is 0 Å². The number of benzene rings is 1. The summed E-state index contributed by atoms with van der Waals surface area (Å²) >= 11 is 16.1. The van der Waals surface area contributed by atoms with E-state index < -0.39 is 5.82 Å². The van der Waals surface area contributed by atoms with E-state index in [1.807, 2.05) is 0 Å². The average Bonchev–Trinajstić information content (AvgIpc) is 2.13. The maximum atomic E-state index is 13.2. The molecule has 0 aliphatic rings. The minimum Gasteiger partial charge on any atom is -0.396 e. The van der Waals surface area contributed by atoms with Gasteiger partial charge in [-0.2, -0.15) is 4.36 Å². The molecule has 13 heavy (non-hydrogen) atoms. The van der Waals surface area contributed by atoms with Crippen molar-refractivity contribution in [2.75, 3.05) is 5.73 Å². The number of nitrogens with two attached hydrogens (primary N) is 1. The van der Waals surface area contributed by atoms with Gasteiger partial charge in [0.25, 0.3) is 0 Å². The van der Waals surface area contributed by atoms with E-state index in [2.05, 4.69) is 48.6 Å². The summed E-state index contributed by atoms with van der Waals surface area (Å²) in [4.78, 5) is 0. The van der Waals surface area contributed by atoms with Crippen molar-refractivity contribution >= 4 is 67.3 Å². The maximum Gasteiger partial charge on any atom is 0.159 e. The third kappa shape index (κ3) is 1.86. The highest BCUT2D eigenvalue weighted by Gasteiger charge is 2.18. The fourth-order valence-corrected chi connectivity index (χ4v) is 2.19. The van der Waals surface area contributed by atoms with Gasteiger partial charge in [0.15, 0.2) is 5.82 Å². The van der Waals surface area contributed by atoms with Gasteiger partial charge in [0, 0.05) is 12.4 Å². The molecule has 0 amide bonds. The van der Waals surface area contributed by atoms with E-state index in [4.69, 9.17) is 17.3 Å². The van der Waals surface area contributed by atoms with Crippen molar-refractivity contribution in [3.8, 4) is 0 Å².